The minimum absolute atomic E-state index is 0.120. The van der Waals surface area contributed by atoms with Crippen LogP contribution in [0, 0.1) is 13.8 Å². The number of benzene rings is 1. The Balaban J connectivity index is 2.20. The molecule has 0 aliphatic carbocycles. The molecule has 0 saturated carbocycles. The fraction of sp³-hybridized carbons (Fsp3) is 0.200. The van der Waals surface area contributed by atoms with Crippen LogP contribution in [-0.4, -0.2) is 10.9 Å². The number of nitrogens with one attached hydrogen (secondary N) is 2. The second-order valence-electron chi connectivity index (χ2n) is 4.68. The number of anilines is 3. The molecule has 0 radical (unpaired) electrons. The number of carbonyl (C=O) groups is 1. The summed E-state index contributed by atoms with van der Waals surface area (Å²) in [6, 6.07) is 7.54. The zero-order chi connectivity index (χ0) is 14.7. The van der Waals surface area contributed by atoms with E-state index in [0.717, 1.165) is 16.8 Å². The second kappa shape index (κ2) is 5.92. The van der Waals surface area contributed by atoms with Crippen LogP contribution in [0.4, 0.5) is 17.2 Å². The van der Waals surface area contributed by atoms with Gasteiger partial charge in [0.05, 0.1) is 22.6 Å². The number of rotatable bonds is 3. The predicted octanol–water partition coefficient (Wildman–Crippen LogP) is 4.05. The maximum atomic E-state index is 10.9. The molecule has 1 aromatic heterocycles. The summed E-state index contributed by atoms with van der Waals surface area (Å²) in [7, 11) is 0. The van der Waals surface area contributed by atoms with Crippen LogP contribution in [0.15, 0.2) is 30.5 Å². The maximum absolute atomic E-state index is 10.9. The molecule has 1 amide bonds. The Morgan fingerprint density at radius 1 is 1.25 bits per heavy atom. The van der Waals surface area contributed by atoms with Crippen molar-refractivity contribution >= 4 is 34.7 Å². The number of pyridine rings is 1. The third-order valence-electron chi connectivity index (χ3n) is 2.77. The fourth-order valence-electron chi connectivity index (χ4n) is 1.95. The van der Waals surface area contributed by atoms with Gasteiger partial charge in [-0.05, 0) is 43.2 Å². The van der Waals surface area contributed by atoms with Gasteiger partial charge in [0.25, 0.3) is 0 Å². The van der Waals surface area contributed by atoms with Crippen LogP contribution >= 0.6 is 11.6 Å². The first kappa shape index (κ1) is 14.3. The highest BCUT2D eigenvalue weighted by molar-refractivity contribution is 6.33. The van der Waals surface area contributed by atoms with Gasteiger partial charge in [0.2, 0.25) is 5.91 Å². The zero-order valence-corrected chi connectivity index (χ0v) is 12.4. The average molecular weight is 290 g/mol. The lowest BCUT2D eigenvalue weighted by molar-refractivity contribution is -0.114. The first-order valence-electron chi connectivity index (χ1n) is 6.23. The van der Waals surface area contributed by atoms with Gasteiger partial charge in [-0.25, -0.2) is 4.98 Å². The lowest BCUT2D eigenvalue weighted by Crippen LogP contribution is -2.06. The summed E-state index contributed by atoms with van der Waals surface area (Å²) in [5, 5.41) is 6.53. The summed E-state index contributed by atoms with van der Waals surface area (Å²) < 4.78 is 0. The van der Waals surface area contributed by atoms with Crippen molar-refractivity contribution in [2.24, 2.45) is 0 Å². The molecule has 0 spiro atoms. The van der Waals surface area contributed by atoms with Crippen LogP contribution in [-0.2, 0) is 4.79 Å². The predicted molar refractivity (Wildman–Crippen MR) is 82.7 cm³/mol. The zero-order valence-electron chi connectivity index (χ0n) is 11.6. The number of halogens is 1. The number of carbonyl (C=O) groups excluding carboxylic acids is 1. The minimum atomic E-state index is -0.120. The highest BCUT2D eigenvalue weighted by Gasteiger charge is 2.06. The Bertz CT molecular complexity index is 615. The molecule has 2 N–H and O–H groups in total. The largest absolute Gasteiger partial charge is 0.339 e. The summed E-state index contributed by atoms with van der Waals surface area (Å²) in [6.45, 7) is 5.46. The number of aromatic nitrogens is 1. The van der Waals surface area contributed by atoms with Crippen LogP contribution in [0.3, 0.4) is 0 Å². The SMILES string of the molecule is CC(=O)Nc1ccc(Nc2c(C)cc(C)cc2Cl)nc1. The molecule has 104 valence electrons. The molecule has 5 heteroatoms. The molecule has 0 fully saturated rings. The number of hydrogen-bond acceptors (Lipinski definition) is 3. The molecule has 0 aliphatic heterocycles. The monoisotopic (exact) mass is 289 g/mol. The smallest absolute Gasteiger partial charge is 0.221 e. The normalized spacial score (nSPS) is 10.2. The van der Waals surface area contributed by atoms with Gasteiger partial charge in [0.15, 0.2) is 0 Å². The van der Waals surface area contributed by atoms with Crippen molar-refractivity contribution < 1.29 is 4.79 Å². The Hall–Kier alpha value is -2.07. The number of nitrogens with zero attached hydrogens (tertiary/aromatic N) is 1. The first-order valence-corrected chi connectivity index (χ1v) is 6.61. The molecule has 1 heterocycles. The molecule has 0 saturated heterocycles. The van der Waals surface area contributed by atoms with Crippen molar-refractivity contribution in [2.75, 3.05) is 10.6 Å². The quantitative estimate of drug-likeness (QED) is 0.896. The van der Waals surface area contributed by atoms with E-state index >= 15 is 0 Å². The van der Waals surface area contributed by atoms with Gasteiger partial charge in [-0.15, -0.1) is 0 Å². The van der Waals surface area contributed by atoms with E-state index in [0.29, 0.717) is 16.5 Å². The van der Waals surface area contributed by atoms with Crippen LogP contribution in [0.2, 0.25) is 5.02 Å². The molecule has 0 bridgehead atoms. The Morgan fingerprint density at radius 3 is 2.55 bits per heavy atom. The Morgan fingerprint density at radius 2 is 2.00 bits per heavy atom. The van der Waals surface area contributed by atoms with E-state index in [2.05, 4.69) is 21.7 Å². The van der Waals surface area contributed by atoms with Crippen molar-refractivity contribution in [2.45, 2.75) is 20.8 Å². The lowest BCUT2D eigenvalue weighted by Gasteiger charge is -2.12. The van der Waals surface area contributed by atoms with Gasteiger partial charge in [-0.3, -0.25) is 4.79 Å². The van der Waals surface area contributed by atoms with E-state index in [1.54, 1.807) is 18.3 Å². The van der Waals surface area contributed by atoms with E-state index in [-0.39, 0.29) is 5.91 Å². The van der Waals surface area contributed by atoms with Crippen LogP contribution in [0.5, 0.6) is 0 Å². The molecule has 2 aromatic rings. The van der Waals surface area contributed by atoms with E-state index in [4.69, 9.17) is 11.6 Å². The molecule has 0 unspecified atom stereocenters. The third kappa shape index (κ3) is 3.48. The van der Waals surface area contributed by atoms with Crippen LogP contribution in [0.25, 0.3) is 0 Å². The molecule has 0 aliphatic rings. The van der Waals surface area contributed by atoms with Crippen molar-refractivity contribution in [1.82, 2.24) is 4.98 Å². The van der Waals surface area contributed by atoms with Gasteiger partial charge in [-0.2, -0.15) is 0 Å². The number of amides is 1. The average Bonchev–Trinajstić information content (AvgIpc) is 2.35. The summed E-state index contributed by atoms with van der Waals surface area (Å²) >= 11 is 6.24. The summed E-state index contributed by atoms with van der Waals surface area (Å²) in [5.74, 6) is 0.554. The van der Waals surface area contributed by atoms with Crippen LogP contribution < -0.4 is 10.6 Å². The second-order valence-corrected chi connectivity index (χ2v) is 5.08. The molecule has 2 rings (SSSR count). The van der Waals surface area contributed by atoms with Crippen molar-refractivity contribution in [3.05, 3.63) is 46.6 Å². The summed E-state index contributed by atoms with van der Waals surface area (Å²) in [5.41, 5.74) is 3.68. The molecular formula is C15H16ClN3O. The molecule has 4 nitrogen and oxygen atoms in total. The minimum Gasteiger partial charge on any atom is -0.339 e. The van der Waals surface area contributed by atoms with E-state index in [9.17, 15) is 4.79 Å². The lowest BCUT2D eigenvalue weighted by atomic mass is 10.1. The van der Waals surface area contributed by atoms with Gasteiger partial charge in [-0.1, -0.05) is 17.7 Å². The molecule has 1 aromatic carbocycles. The van der Waals surface area contributed by atoms with E-state index in [1.165, 1.54) is 6.92 Å². The van der Waals surface area contributed by atoms with Gasteiger partial charge < -0.3 is 10.6 Å². The molecule has 0 atom stereocenters. The third-order valence-corrected chi connectivity index (χ3v) is 3.07. The van der Waals surface area contributed by atoms with Gasteiger partial charge >= 0.3 is 0 Å². The Kier molecular flexibility index (Phi) is 4.25. The Labute approximate surface area is 123 Å². The van der Waals surface area contributed by atoms with E-state index < -0.39 is 0 Å². The topological polar surface area (TPSA) is 54.0 Å². The molecular weight excluding hydrogens is 274 g/mol. The first-order chi connectivity index (χ1) is 9.45. The summed E-state index contributed by atoms with van der Waals surface area (Å²) in [6.07, 6.45) is 1.60. The number of hydrogen-bond donors (Lipinski definition) is 2. The molecule has 20 heavy (non-hydrogen) atoms. The summed E-state index contributed by atoms with van der Waals surface area (Å²) in [4.78, 5) is 15.2. The maximum Gasteiger partial charge on any atom is 0.221 e. The number of aryl methyl sites for hydroxylation is 2. The van der Waals surface area contributed by atoms with Crippen molar-refractivity contribution in [3.8, 4) is 0 Å². The highest BCUT2D eigenvalue weighted by atomic mass is 35.5. The highest BCUT2D eigenvalue weighted by Crippen LogP contribution is 2.29. The van der Waals surface area contributed by atoms with Crippen molar-refractivity contribution in [1.29, 1.82) is 0 Å². The van der Waals surface area contributed by atoms with Crippen molar-refractivity contribution in [3.63, 3.8) is 0 Å². The van der Waals surface area contributed by atoms with E-state index in [1.807, 2.05) is 19.9 Å². The van der Waals surface area contributed by atoms with Crippen LogP contribution in [0.1, 0.15) is 18.1 Å². The van der Waals surface area contributed by atoms with Gasteiger partial charge in [0, 0.05) is 6.92 Å². The standard InChI is InChI=1S/C15H16ClN3O/c1-9-6-10(2)15(13(16)7-9)19-14-5-4-12(8-17-14)18-11(3)20/h4-8H,1-3H3,(H,17,19)(H,18,20). The van der Waals surface area contributed by atoms with Gasteiger partial charge in [0.1, 0.15) is 5.82 Å². The fourth-order valence-corrected chi connectivity index (χ4v) is 2.32.